The normalized spacial score (nSPS) is 10.4. The maximum Gasteiger partial charge on any atom is 0.258 e. The van der Waals surface area contributed by atoms with Crippen LogP contribution in [0.25, 0.3) is 11.4 Å². The SMILES string of the molecule is COc1ccc(-c2noc(CNC(=O)COc3ccccc3C)n2)cc1OC. The number of aromatic nitrogens is 2. The Morgan fingerprint density at radius 2 is 1.86 bits per heavy atom. The predicted octanol–water partition coefficient (Wildman–Crippen LogP) is 2.76. The summed E-state index contributed by atoms with van der Waals surface area (Å²) >= 11 is 0. The number of hydrogen-bond acceptors (Lipinski definition) is 7. The van der Waals surface area contributed by atoms with Gasteiger partial charge in [0.05, 0.1) is 20.8 Å². The van der Waals surface area contributed by atoms with E-state index in [2.05, 4.69) is 15.5 Å². The zero-order valence-corrected chi connectivity index (χ0v) is 15.9. The van der Waals surface area contributed by atoms with E-state index in [-0.39, 0.29) is 24.9 Å². The Bertz CT molecular complexity index is 955. The molecule has 1 amide bonds. The number of nitrogens with zero attached hydrogens (tertiary/aromatic N) is 2. The highest BCUT2D eigenvalue weighted by Crippen LogP contribution is 2.31. The van der Waals surface area contributed by atoms with Crippen molar-refractivity contribution in [2.24, 2.45) is 0 Å². The smallest absolute Gasteiger partial charge is 0.258 e. The lowest BCUT2D eigenvalue weighted by molar-refractivity contribution is -0.123. The Balaban J connectivity index is 1.56. The van der Waals surface area contributed by atoms with Gasteiger partial charge in [0.25, 0.3) is 5.91 Å². The van der Waals surface area contributed by atoms with Crippen molar-refractivity contribution in [1.82, 2.24) is 15.5 Å². The molecule has 8 heteroatoms. The highest BCUT2D eigenvalue weighted by molar-refractivity contribution is 5.77. The Labute approximate surface area is 162 Å². The molecule has 146 valence electrons. The summed E-state index contributed by atoms with van der Waals surface area (Å²) in [4.78, 5) is 16.3. The van der Waals surface area contributed by atoms with Crippen LogP contribution in [-0.4, -0.2) is 36.9 Å². The summed E-state index contributed by atoms with van der Waals surface area (Å²) in [6, 6.07) is 12.8. The van der Waals surface area contributed by atoms with Gasteiger partial charge >= 0.3 is 0 Å². The Morgan fingerprint density at radius 1 is 1.07 bits per heavy atom. The molecular formula is C20H21N3O5. The molecule has 28 heavy (non-hydrogen) atoms. The van der Waals surface area contributed by atoms with Crippen LogP contribution in [0.5, 0.6) is 17.2 Å². The highest BCUT2D eigenvalue weighted by Gasteiger charge is 2.13. The third-order valence-electron chi connectivity index (χ3n) is 4.00. The molecule has 3 rings (SSSR count). The van der Waals surface area contributed by atoms with Crippen LogP contribution in [-0.2, 0) is 11.3 Å². The van der Waals surface area contributed by atoms with Gasteiger partial charge in [0.15, 0.2) is 18.1 Å². The first-order valence-corrected chi connectivity index (χ1v) is 8.61. The van der Waals surface area contributed by atoms with E-state index in [1.54, 1.807) is 32.4 Å². The topological polar surface area (TPSA) is 95.7 Å². The average Bonchev–Trinajstić information content (AvgIpc) is 3.20. The van der Waals surface area contributed by atoms with E-state index in [0.717, 1.165) is 5.56 Å². The fraction of sp³-hybridized carbons (Fsp3) is 0.250. The van der Waals surface area contributed by atoms with Crippen molar-refractivity contribution >= 4 is 5.91 Å². The van der Waals surface area contributed by atoms with Gasteiger partial charge in [-0.2, -0.15) is 4.98 Å². The van der Waals surface area contributed by atoms with E-state index in [1.807, 2.05) is 31.2 Å². The fourth-order valence-electron chi connectivity index (χ4n) is 2.51. The Hall–Kier alpha value is -3.55. The van der Waals surface area contributed by atoms with Crippen molar-refractivity contribution < 1.29 is 23.5 Å². The summed E-state index contributed by atoms with van der Waals surface area (Å²) < 4.78 is 21.2. The summed E-state index contributed by atoms with van der Waals surface area (Å²) in [5.74, 6) is 2.24. The molecule has 1 aromatic heterocycles. The molecule has 0 aliphatic carbocycles. The minimum atomic E-state index is -0.283. The summed E-state index contributed by atoms with van der Waals surface area (Å²) in [6.07, 6.45) is 0. The van der Waals surface area contributed by atoms with Gasteiger partial charge in [-0.15, -0.1) is 0 Å². The number of para-hydroxylation sites is 1. The Morgan fingerprint density at radius 3 is 2.61 bits per heavy atom. The largest absolute Gasteiger partial charge is 0.493 e. The third-order valence-corrected chi connectivity index (χ3v) is 4.00. The van der Waals surface area contributed by atoms with Crippen molar-refractivity contribution in [1.29, 1.82) is 0 Å². The lowest BCUT2D eigenvalue weighted by Crippen LogP contribution is -2.28. The lowest BCUT2D eigenvalue weighted by atomic mass is 10.2. The molecular weight excluding hydrogens is 362 g/mol. The number of ether oxygens (including phenoxy) is 3. The molecule has 8 nitrogen and oxygen atoms in total. The number of carbonyl (C=O) groups is 1. The number of amides is 1. The quantitative estimate of drug-likeness (QED) is 0.639. The molecule has 3 aromatic rings. The average molecular weight is 383 g/mol. The summed E-state index contributed by atoms with van der Waals surface area (Å²) in [5.41, 5.74) is 1.67. The van der Waals surface area contributed by atoms with Gasteiger partial charge in [-0.3, -0.25) is 4.79 Å². The lowest BCUT2D eigenvalue weighted by Gasteiger charge is -2.08. The van der Waals surface area contributed by atoms with Gasteiger partial charge in [0.2, 0.25) is 11.7 Å². The van der Waals surface area contributed by atoms with Crippen LogP contribution in [0.4, 0.5) is 0 Å². The first-order chi connectivity index (χ1) is 13.6. The van der Waals surface area contributed by atoms with Crippen molar-refractivity contribution in [3.63, 3.8) is 0 Å². The maximum absolute atomic E-state index is 12.0. The molecule has 0 saturated carbocycles. The maximum atomic E-state index is 12.0. The molecule has 0 aliphatic rings. The number of hydrogen-bond donors (Lipinski definition) is 1. The number of rotatable bonds is 8. The fourth-order valence-corrected chi connectivity index (χ4v) is 2.51. The van der Waals surface area contributed by atoms with Gasteiger partial charge in [-0.25, -0.2) is 0 Å². The van der Waals surface area contributed by atoms with Crippen LogP contribution >= 0.6 is 0 Å². The first-order valence-electron chi connectivity index (χ1n) is 8.61. The van der Waals surface area contributed by atoms with Crippen molar-refractivity contribution in [2.45, 2.75) is 13.5 Å². The second-order valence-corrected chi connectivity index (χ2v) is 5.91. The minimum Gasteiger partial charge on any atom is -0.493 e. The van der Waals surface area contributed by atoms with Crippen molar-refractivity contribution in [3.05, 3.63) is 53.9 Å². The Kier molecular flexibility index (Phi) is 6.11. The molecule has 0 radical (unpaired) electrons. The molecule has 0 fully saturated rings. The zero-order valence-electron chi connectivity index (χ0n) is 15.9. The van der Waals surface area contributed by atoms with Crippen molar-refractivity contribution in [3.8, 4) is 28.6 Å². The van der Waals surface area contributed by atoms with E-state index in [0.29, 0.717) is 28.6 Å². The molecule has 0 atom stereocenters. The van der Waals surface area contributed by atoms with Crippen LogP contribution in [0.3, 0.4) is 0 Å². The third kappa shape index (κ3) is 4.59. The first kappa shape index (κ1) is 19.2. The molecule has 0 aliphatic heterocycles. The van der Waals surface area contributed by atoms with Gasteiger partial charge < -0.3 is 24.1 Å². The molecule has 0 saturated heterocycles. The molecule has 1 heterocycles. The molecule has 0 unspecified atom stereocenters. The van der Waals surface area contributed by atoms with Crippen molar-refractivity contribution in [2.75, 3.05) is 20.8 Å². The molecule has 2 aromatic carbocycles. The molecule has 1 N–H and O–H groups in total. The summed E-state index contributed by atoms with van der Waals surface area (Å²) in [5, 5.41) is 6.62. The summed E-state index contributed by atoms with van der Waals surface area (Å²) in [6.45, 7) is 1.93. The monoisotopic (exact) mass is 383 g/mol. The predicted molar refractivity (Wildman–Crippen MR) is 101 cm³/mol. The summed E-state index contributed by atoms with van der Waals surface area (Å²) in [7, 11) is 3.12. The number of aryl methyl sites for hydroxylation is 1. The van der Waals surface area contributed by atoms with Crippen LogP contribution < -0.4 is 19.5 Å². The van der Waals surface area contributed by atoms with E-state index in [4.69, 9.17) is 18.7 Å². The molecule has 0 spiro atoms. The second-order valence-electron chi connectivity index (χ2n) is 5.91. The van der Waals surface area contributed by atoms with Crippen LogP contribution in [0.1, 0.15) is 11.5 Å². The van der Waals surface area contributed by atoms with E-state index in [9.17, 15) is 4.79 Å². The van der Waals surface area contributed by atoms with Gasteiger partial charge in [0, 0.05) is 5.56 Å². The van der Waals surface area contributed by atoms with Crippen LogP contribution in [0.2, 0.25) is 0 Å². The minimum absolute atomic E-state index is 0.0957. The number of nitrogens with one attached hydrogen (secondary N) is 1. The van der Waals surface area contributed by atoms with E-state index in [1.165, 1.54) is 0 Å². The van der Waals surface area contributed by atoms with Crippen LogP contribution in [0, 0.1) is 6.92 Å². The van der Waals surface area contributed by atoms with Gasteiger partial charge in [-0.1, -0.05) is 23.4 Å². The van der Waals surface area contributed by atoms with Gasteiger partial charge in [-0.05, 0) is 36.8 Å². The standard InChI is InChI=1S/C20H21N3O5/c1-13-6-4-5-7-15(13)27-12-18(24)21-11-19-22-20(23-28-19)14-8-9-16(25-2)17(10-14)26-3/h4-10H,11-12H2,1-3H3,(H,21,24). The number of benzene rings is 2. The highest BCUT2D eigenvalue weighted by atomic mass is 16.5. The van der Waals surface area contributed by atoms with Gasteiger partial charge in [0.1, 0.15) is 5.75 Å². The van der Waals surface area contributed by atoms with Crippen LogP contribution in [0.15, 0.2) is 47.0 Å². The number of methoxy groups -OCH3 is 2. The molecule has 0 bridgehead atoms. The zero-order chi connectivity index (χ0) is 19.9. The van der Waals surface area contributed by atoms with E-state index < -0.39 is 0 Å². The van der Waals surface area contributed by atoms with E-state index >= 15 is 0 Å². The number of carbonyl (C=O) groups excluding carboxylic acids is 1. The second kappa shape index (κ2) is 8.90.